The zero-order chi connectivity index (χ0) is 16.8. The number of amides is 1. The van der Waals surface area contributed by atoms with E-state index in [1.54, 1.807) is 7.11 Å². The van der Waals surface area contributed by atoms with E-state index in [0.29, 0.717) is 5.92 Å². The molecule has 1 saturated heterocycles. The Morgan fingerprint density at radius 1 is 1.18 bits per heavy atom. The number of piperidine rings is 1. The van der Waals surface area contributed by atoms with Crippen molar-refractivity contribution in [1.82, 2.24) is 10.2 Å². The van der Waals surface area contributed by atoms with Crippen molar-refractivity contribution >= 4 is 6.09 Å². The van der Waals surface area contributed by atoms with E-state index >= 15 is 0 Å². The van der Waals surface area contributed by atoms with Crippen LogP contribution in [0.4, 0.5) is 4.79 Å². The van der Waals surface area contributed by atoms with Crippen molar-refractivity contribution in [3.8, 4) is 0 Å². The number of nitrogens with zero attached hydrogens (tertiary/aromatic N) is 1. The highest BCUT2D eigenvalue weighted by molar-refractivity contribution is 5.68. The lowest BCUT2D eigenvalue weighted by atomic mass is 9.97. The van der Waals surface area contributed by atoms with Crippen LogP contribution in [0.5, 0.6) is 0 Å². The quantitative estimate of drug-likeness (QED) is 0.766. The molecular weight excluding hydrogens is 280 g/mol. The number of methoxy groups -OCH3 is 1. The monoisotopic (exact) mass is 314 g/mol. The van der Waals surface area contributed by atoms with Crippen LogP contribution < -0.4 is 5.32 Å². The van der Waals surface area contributed by atoms with Gasteiger partial charge in [0, 0.05) is 20.2 Å². The summed E-state index contributed by atoms with van der Waals surface area (Å²) < 4.78 is 10.8. The van der Waals surface area contributed by atoms with Crippen molar-refractivity contribution in [2.75, 3.05) is 33.3 Å². The fourth-order valence-electron chi connectivity index (χ4n) is 2.44. The van der Waals surface area contributed by atoms with Gasteiger partial charge in [-0.2, -0.15) is 0 Å². The zero-order valence-corrected chi connectivity index (χ0v) is 15.2. The molecule has 5 nitrogen and oxygen atoms in total. The fraction of sp³-hybridized carbons (Fsp3) is 0.941. The van der Waals surface area contributed by atoms with Crippen molar-refractivity contribution in [2.45, 2.75) is 65.1 Å². The molecule has 0 atom stereocenters. The molecule has 1 N–H and O–H groups in total. The molecule has 0 aromatic heterocycles. The number of carbonyl (C=O) groups is 1. The van der Waals surface area contributed by atoms with E-state index in [4.69, 9.17) is 9.47 Å². The summed E-state index contributed by atoms with van der Waals surface area (Å²) in [5, 5.41) is 3.51. The predicted molar refractivity (Wildman–Crippen MR) is 89.1 cm³/mol. The van der Waals surface area contributed by atoms with Crippen molar-refractivity contribution in [2.24, 2.45) is 5.92 Å². The summed E-state index contributed by atoms with van der Waals surface area (Å²) >= 11 is 0. The Hall–Kier alpha value is -0.810. The van der Waals surface area contributed by atoms with Gasteiger partial charge >= 0.3 is 6.09 Å². The van der Waals surface area contributed by atoms with E-state index in [-0.39, 0.29) is 11.7 Å². The Morgan fingerprint density at radius 3 is 2.27 bits per heavy atom. The molecule has 0 aliphatic carbocycles. The van der Waals surface area contributed by atoms with Gasteiger partial charge in [-0.3, -0.25) is 0 Å². The Balaban J connectivity index is 2.19. The first-order valence-electron chi connectivity index (χ1n) is 8.37. The molecule has 1 aliphatic rings. The second-order valence-corrected chi connectivity index (χ2v) is 7.83. The number of rotatable bonds is 6. The van der Waals surface area contributed by atoms with Crippen molar-refractivity contribution in [3.05, 3.63) is 0 Å². The number of likely N-dealkylation sites (tertiary alicyclic amines) is 1. The van der Waals surface area contributed by atoms with Crippen LogP contribution in [0.15, 0.2) is 0 Å². The Bertz CT molecular complexity index is 342. The molecule has 0 radical (unpaired) electrons. The third-order valence-corrected chi connectivity index (χ3v) is 4.16. The number of hydrogen-bond donors (Lipinski definition) is 1. The molecule has 0 bridgehead atoms. The predicted octanol–water partition coefficient (Wildman–Crippen LogP) is 3.04. The highest BCUT2D eigenvalue weighted by Gasteiger charge is 2.26. The van der Waals surface area contributed by atoms with Crippen LogP contribution in [0.1, 0.15) is 53.9 Å². The first kappa shape index (κ1) is 19.2. The SMILES string of the molecule is COC(C)(C)CCNCC1CCN(C(=O)OC(C)(C)C)CC1. The summed E-state index contributed by atoms with van der Waals surface area (Å²) in [6, 6.07) is 0. The molecule has 0 unspecified atom stereocenters. The Labute approximate surface area is 135 Å². The number of nitrogens with one attached hydrogen (secondary N) is 1. The molecule has 0 spiro atoms. The number of ether oxygens (including phenoxy) is 2. The van der Waals surface area contributed by atoms with Gasteiger partial charge in [-0.1, -0.05) is 0 Å². The third kappa shape index (κ3) is 7.45. The van der Waals surface area contributed by atoms with Gasteiger partial charge in [0.1, 0.15) is 5.60 Å². The van der Waals surface area contributed by atoms with Gasteiger partial charge in [-0.15, -0.1) is 0 Å². The lowest BCUT2D eigenvalue weighted by molar-refractivity contribution is 0.0139. The topological polar surface area (TPSA) is 50.8 Å². The van der Waals surface area contributed by atoms with E-state index in [2.05, 4.69) is 19.2 Å². The van der Waals surface area contributed by atoms with E-state index in [1.165, 1.54) is 0 Å². The van der Waals surface area contributed by atoms with Gasteiger partial charge in [0.25, 0.3) is 0 Å². The van der Waals surface area contributed by atoms with E-state index < -0.39 is 5.60 Å². The standard InChI is InChI=1S/C17H34N2O3/c1-16(2,3)22-15(20)19-11-7-14(8-12-19)13-18-10-9-17(4,5)21-6/h14,18H,7-13H2,1-6H3. The van der Waals surface area contributed by atoms with Crippen molar-refractivity contribution in [3.63, 3.8) is 0 Å². The summed E-state index contributed by atoms with van der Waals surface area (Å²) in [6.07, 6.45) is 2.90. The van der Waals surface area contributed by atoms with Crippen LogP contribution >= 0.6 is 0 Å². The molecule has 1 amide bonds. The molecule has 1 fully saturated rings. The second kappa shape index (κ2) is 8.16. The van der Waals surface area contributed by atoms with E-state index in [9.17, 15) is 4.79 Å². The minimum Gasteiger partial charge on any atom is -0.444 e. The summed E-state index contributed by atoms with van der Waals surface area (Å²) in [5.41, 5.74) is -0.475. The maximum Gasteiger partial charge on any atom is 0.410 e. The largest absolute Gasteiger partial charge is 0.444 e. The van der Waals surface area contributed by atoms with E-state index in [0.717, 1.165) is 45.4 Å². The molecule has 130 valence electrons. The lowest BCUT2D eigenvalue weighted by Gasteiger charge is -2.33. The smallest absolute Gasteiger partial charge is 0.410 e. The second-order valence-electron chi connectivity index (χ2n) is 7.83. The van der Waals surface area contributed by atoms with E-state index in [1.807, 2.05) is 25.7 Å². The van der Waals surface area contributed by atoms with Crippen LogP contribution in [0.3, 0.4) is 0 Å². The first-order chi connectivity index (χ1) is 10.1. The average molecular weight is 314 g/mol. The summed E-state index contributed by atoms with van der Waals surface area (Å²) in [5.74, 6) is 0.643. The average Bonchev–Trinajstić information content (AvgIpc) is 2.42. The first-order valence-corrected chi connectivity index (χ1v) is 8.37. The van der Waals surface area contributed by atoms with Crippen molar-refractivity contribution < 1.29 is 14.3 Å². The molecule has 5 heteroatoms. The minimum atomic E-state index is -0.413. The number of carbonyl (C=O) groups excluding carboxylic acids is 1. The molecule has 1 rings (SSSR count). The Kier molecular flexibility index (Phi) is 7.13. The molecule has 0 aromatic carbocycles. The van der Waals surface area contributed by atoms with Crippen LogP contribution in [0.2, 0.25) is 0 Å². The zero-order valence-electron chi connectivity index (χ0n) is 15.2. The van der Waals surface area contributed by atoms with Gasteiger partial charge in [0.2, 0.25) is 0 Å². The fourth-order valence-corrected chi connectivity index (χ4v) is 2.44. The lowest BCUT2D eigenvalue weighted by Crippen LogP contribution is -2.43. The van der Waals surface area contributed by atoms with Gasteiger partial charge in [0.15, 0.2) is 0 Å². The number of hydrogen-bond acceptors (Lipinski definition) is 4. The van der Waals surface area contributed by atoms with Crippen LogP contribution in [0.25, 0.3) is 0 Å². The molecule has 0 saturated carbocycles. The molecular formula is C17H34N2O3. The Morgan fingerprint density at radius 2 is 1.77 bits per heavy atom. The van der Waals surface area contributed by atoms with Crippen molar-refractivity contribution in [1.29, 1.82) is 0 Å². The van der Waals surface area contributed by atoms with Crippen LogP contribution in [-0.2, 0) is 9.47 Å². The van der Waals surface area contributed by atoms with Gasteiger partial charge in [-0.25, -0.2) is 4.79 Å². The van der Waals surface area contributed by atoms with Crippen LogP contribution in [-0.4, -0.2) is 55.5 Å². The molecule has 22 heavy (non-hydrogen) atoms. The van der Waals surface area contributed by atoms with Crippen LogP contribution in [0, 0.1) is 5.92 Å². The summed E-state index contributed by atoms with van der Waals surface area (Å²) in [7, 11) is 1.76. The molecule has 1 aliphatic heterocycles. The van der Waals surface area contributed by atoms with Gasteiger partial charge in [-0.05, 0) is 72.9 Å². The van der Waals surface area contributed by atoms with Gasteiger partial charge < -0.3 is 19.7 Å². The van der Waals surface area contributed by atoms with Gasteiger partial charge in [0.05, 0.1) is 5.60 Å². The minimum absolute atomic E-state index is 0.0624. The molecule has 0 aromatic rings. The highest BCUT2D eigenvalue weighted by atomic mass is 16.6. The maximum absolute atomic E-state index is 12.0. The summed E-state index contributed by atoms with van der Waals surface area (Å²) in [4.78, 5) is 13.8. The summed E-state index contributed by atoms with van der Waals surface area (Å²) in [6.45, 7) is 13.5. The third-order valence-electron chi connectivity index (χ3n) is 4.16. The normalized spacial score (nSPS) is 17.6. The molecule has 1 heterocycles. The maximum atomic E-state index is 12.0. The highest BCUT2D eigenvalue weighted by Crippen LogP contribution is 2.19.